The van der Waals surface area contributed by atoms with Crippen LogP contribution in [0.3, 0.4) is 0 Å². The Bertz CT molecular complexity index is 312. The van der Waals surface area contributed by atoms with E-state index in [0.717, 1.165) is 16.5 Å². The van der Waals surface area contributed by atoms with E-state index in [9.17, 15) is 0 Å². The number of nitrogens with two attached hydrogens (primary N) is 1. The first-order valence-corrected chi connectivity index (χ1v) is 5.92. The van der Waals surface area contributed by atoms with Gasteiger partial charge in [-0.3, -0.25) is 0 Å². The van der Waals surface area contributed by atoms with Crippen LogP contribution in [0.5, 0.6) is 0 Å². The third-order valence-electron chi connectivity index (χ3n) is 2.10. The monoisotopic (exact) mass is 211 g/mol. The zero-order valence-corrected chi connectivity index (χ0v) is 9.93. The molecule has 0 unspecified atom stereocenters. The standard InChI is InChI=1S/C10H17N3S/c1-6(2)9(11)8-5-7(3)12-10(13-8)14-4/h5-6,9H,11H2,1-4H3/t9-/m0/s1. The molecule has 0 spiro atoms. The molecule has 0 aromatic carbocycles. The summed E-state index contributed by atoms with van der Waals surface area (Å²) in [7, 11) is 0. The first kappa shape index (κ1) is 11.5. The topological polar surface area (TPSA) is 51.8 Å². The van der Waals surface area contributed by atoms with E-state index in [4.69, 9.17) is 5.73 Å². The lowest BCUT2D eigenvalue weighted by atomic mass is 10.0. The van der Waals surface area contributed by atoms with E-state index in [1.54, 1.807) is 11.8 Å². The quantitative estimate of drug-likeness (QED) is 0.615. The van der Waals surface area contributed by atoms with Crippen LogP contribution in [0.1, 0.15) is 31.3 Å². The summed E-state index contributed by atoms with van der Waals surface area (Å²) < 4.78 is 0. The van der Waals surface area contributed by atoms with Gasteiger partial charge in [0.2, 0.25) is 0 Å². The van der Waals surface area contributed by atoms with Crippen LogP contribution in [-0.4, -0.2) is 16.2 Å². The van der Waals surface area contributed by atoms with Gasteiger partial charge in [0.15, 0.2) is 5.16 Å². The van der Waals surface area contributed by atoms with Crippen molar-refractivity contribution in [1.82, 2.24) is 9.97 Å². The van der Waals surface area contributed by atoms with Crippen LogP contribution in [0.15, 0.2) is 11.2 Å². The van der Waals surface area contributed by atoms with Gasteiger partial charge in [-0.1, -0.05) is 25.6 Å². The molecule has 0 bridgehead atoms. The minimum absolute atomic E-state index is 0.00241. The summed E-state index contributed by atoms with van der Waals surface area (Å²) in [5, 5.41) is 0.802. The molecule has 0 aliphatic carbocycles. The molecule has 3 nitrogen and oxygen atoms in total. The second-order valence-electron chi connectivity index (χ2n) is 3.69. The molecule has 0 radical (unpaired) electrons. The Balaban J connectivity index is 3.02. The average Bonchev–Trinajstić information content (AvgIpc) is 2.15. The molecule has 1 heterocycles. The molecule has 1 atom stereocenters. The predicted octanol–water partition coefficient (Wildman–Crippen LogP) is 2.16. The molecule has 0 aliphatic rings. The first-order chi connectivity index (χ1) is 6.54. The molecule has 0 saturated carbocycles. The maximum absolute atomic E-state index is 6.03. The molecule has 1 aromatic heterocycles. The number of aryl methyl sites for hydroxylation is 1. The van der Waals surface area contributed by atoms with E-state index in [2.05, 4.69) is 23.8 Å². The molecule has 4 heteroatoms. The summed E-state index contributed by atoms with van der Waals surface area (Å²) in [6.07, 6.45) is 1.97. The van der Waals surface area contributed by atoms with E-state index < -0.39 is 0 Å². The van der Waals surface area contributed by atoms with Crippen LogP contribution in [0, 0.1) is 12.8 Å². The SMILES string of the molecule is CSc1nc(C)cc([C@@H](N)C(C)C)n1. The van der Waals surface area contributed by atoms with E-state index in [-0.39, 0.29) is 6.04 Å². The van der Waals surface area contributed by atoms with Gasteiger partial charge in [0, 0.05) is 11.7 Å². The average molecular weight is 211 g/mol. The Hall–Kier alpha value is -0.610. The van der Waals surface area contributed by atoms with Crippen molar-refractivity contribution < 1.29 is 0 Å². The summed E-state index contributed by atoms with van der Waals surface area (Å²) in [4.78, 5) is 8.69. The summed E-state index contributed by atoms with van der Waals surface area (Å²) in [6.45, 7) is 6.17. The van der Waals surface area contributed by atoms with Crippen molar-refractivity contribution in [2.75, 3.05) is 6.26 Å². The van der Waals surface area contributed by atoms with Crippen LogP contribution in [0.4, 0.5) is 0 Å². The summed E-state index contributed by atoms with van der Waals surface area (Å²) in [5.74, 6) is 0.402. The number of nitrogens with zero attached hydrogens (tertiary/aromatic N) is 2. The van der Waals surface area contributed by atoms with Crippen LogP contribution >= 0.6 is 11.8 Å². The molecular formula is C10H17N3S. The Kier molecular flexibility index (Phi) is 3.89. The molecule has 0 saturated heterocycles. The van der Waals surface area contributed by atoms with Crippen molar-refractivity contribution in [2.45, 2.75) is 32.0 Å². The molecule has 0 aliphatic heterocycles. The lowest BCUT2D eigenvalue weighted by molar-refractivity contribution is 0.497. The van der Waals surface area contributed by atoms with E-state index in [0.29, 0.717) is 5.92 Å². The van der Waals surface area contributed by atoms with Crippen LogP contribution in [0.25, 0.3) is 0 Å². The third kappa shape index (κ3) is 2.69. The summed E-state index contributed by atoms with van der Waals surface area (Å²) >= 11 is 1.55. The van der Waals surface area contributed by atoms with Crippen molar-refractivity contribution >= 4 is 11.8 Å². The second-order valence-corrected chi connectivity index (χ2v) is 4.46. The van der Waals surface area contributed by atoms with Gasteiger partial charge in [0.1, 0.15) is 0 Å². The molecule has 14 heavy (non-hydrogen) atoms. The minimum Gasteiger partial charge on any atom is -0.322 e. The van der Waals surface area contributed by atoms with Crippen LogP contribution < -0.4 is 5.73 Å². The van der Waals surface area contributed by atoms with Crippen molar-refractivity contribution in [1.29, 1.82) is 0 Å². The molecule has 1 aromatic rings. The molecule has 78 valence electrons. The van der Waals surface area contributed by atoms with Crippen molar-refractivity contribution in [2.24, 2.45) is 11.7 Å². The van der Waals surface area contributed by atoms with Gasteiger partial charge in [0.05, 0.1) is 5.69 Å². The molecule has 2 N–H and O–H groups in total. The van der Waals surface area contributed by atoms with Crippen molar-refractivity contribution in [3.05, 3.63) is 17.5 Å². The normalized spacial score (nSPS) is 13.3. The first-order valence-electron chi connectivity index (χ1n) is 4.69. The highest BCUT2D eigenvalue weighted by molar-refractivity contribution is 7.98. The zero-order chi connectivity index (χ0) is 10.7. The van der Waals surface area contributed by atoms with Gasteiger partial charge < -0.3 is 5.73 Å². The number of aromatic nitrogens is 2. The smallest absolute Gasteiger partial charge is 0.187 e. The number of hydrogen-bond acceptors (Lipinski definition) is 4. The van der Waals surface area contributed by atoms with Gasteiger partial charge in [0.25, 0.3) is 0 Å². The third-order valence-corrected chi connectivity index (χ3v) is 2.64. The molecule has 0 fully saturated rings. The fraction of sp³-hybridized carbons (Fsp3) is 0.600. The summed E-state index contributed by atoms with van der Waals surface area (Å²) in [6, 6.07) is 1.97. The predicted molar refractivity (Wildman–Crippen MR) is 60.3 cm³/mol. The van der Waals surface area contributed by atoms with Gasteiger partial charge in [-0.25, -0.2) is 9.97 Å². The second kappa shape index (κ2) is 4.75. The molecule has 1 rings (SSSR count). The minimum atomic E-state index is 0.00241. The maximum atomic E-state index is 6.03. The van der Waals surface area contributed by atoms with E-state index in [1.165, 1.54) is 0 Å². The van der Waals surface area contributed by atoms with Crippen LogP contribution in [0.2, 0.25) is 0 Å². The van der Waals surface area contributed by atoms with Gasteiger partial charge in [-0.05, 0) is 25.2 Å². The Morgan fingerprint density at radius 3 is 2.50 bits per heavy atom. The summed E-state index contributed by atoms with van der Waals surface area (Å²) in [5.41, 5.74) is 7.95. The Morgan fingerprint density at radius 2 is 2.00 bits per heavy atom. The fourth-order valence-electron chi connectivity index (χ4n) is 1.17. The van der Waals surface area contributed by atoms with Gasteiger partial charge in [-0.2, -0.15) is 0 Å². The van der Waals surface area contributed by atoms with E-state index >= 15 is 0 Å². The lowest BCUT2D eigenvalue weighted by Gasteiger charge is -2.15. The number of rotatable bonds is 3. The van der Waals surface area contributed by atoms with Gasteiger partial charge in [-0.15, -0.1) is 0 Å². The maximum Gasteiger partial charge on any atom is 0.187 e. The van der Waals surface area contributed by atoms with Crippen LogP contribution in [-0.2, 0) is 0 Å². The fourth-order valence-corrected chi connectivity index (χ4v) is 1.60. The largest absolute Gasteiger partial charge is 0.322 e. The number of thioether (sulfide) groups is 1. The Morgan fingerprint density at radius 1 is 1.36 bits per heavy atom. The van der Waals surface area contributed by atoms with Crippen molar-refractivity contribution in [3.63, 3.8) is 0 Å². The zero-order valence-electron chi connectivity index (χ0n) is 9.11. The van der Waals surface area contributed by atoms with Crippen molar-refractivity contribution in [3.8, 4) is 0 Å². The highest BCUT2D eigenvalue weighted by Crippen LogP contribution is 2.19. The lowest BCUT2D eigenvalue weighted by Crippen LogP contribution is -2.18. The van der Waals surface area contributed by atoms with Gasteiger partial charge >= 0.3 is 0 Å². The van der Waals surface area contributed by atoms with E-state index in [1.807, 2.05) is 19.2 Å². The molecular weight excluding hydrogens is 194 g/mol. The molecule has 0 amide bonds. The Labute approximate surface area is 89.5 Å². The number of hydrogen-bond donors (Lipinski definition) is 1. The highest BCUT2D eigenvalue weighted by Gasteiger charge is 2.13. The highest BCUT2D eigenvalue weighted by atomic mass is 32.2.